The Bertz CT molecular complexity index is 2880. The highest BCUT2D eigenvalue weighted by atomic mass is 16.5. The smallest absolute Gasteiger partial charge is 0.159 e. The number of pyridine rings is 2. The minimum Gasteiger partial charge on any atom is -0.457 e. The minimum atomic E-state index is -0.388. The van der Waals surface area contributed by atoms with Crippen LogP contribution in [0.5, 0.6) is 23.0 Å². The van der Waals surface area contributed by atoms with Crippen LogP contribution >= 0.6 is 0 Å². The molecule has 270 valence electrons. The maximum atomic E-state index is 6.98. The Balaban J connectivity index is 1.14. The molecule has 0 fully saturated rings. The largest absolute Gasteiger partial charge is 0.457 e. The van der Waals surface area contributed by atoms with E-state index in [4.69, 9.17) is 19.4 Å². The molecule has 5 aromatic heterocycles. The molecule has 8 nitrogen and oxygen atoms in total. The highest BCUT2D eigenvalue weighted by molar-refractivity contribution is 6.10. The van der Waals surface area contributed by atoms with Crippen molar-refractivity contribution >= 4 is 43.6 Å². The van der Waals surface area contributed by atoms with Crippen molar-refractivity contribution in [2.75, 3.05) is 0 Å². The van der Waals surface area contributed by atoms with Gasteiger partial charge < -0.3 is 9.47 Å². The molecule has 0 amide bonds. The van der Waals surface area contributed by atoms with Crippen LogP contribution in [-0.2, 0) is 5.41 Å². The Hall–Kier alpha value is -7.32. The van der Waals surface area contributed by atoms with Gasteiger partial charge in [-0.2, -0.15) is 0 Å². The minimum absolute atomic E-state index is 0.388. The van der Waals surface area contributed by atoms with Crippen LogP contribution in [0.15, 0.2) is 164 Å². The Kier molecular flexibility index (Phi) is 7.85. The number of rotatable bonds is 7. The van der Waals surface area contributed by atoms with Gasteiger partial charge in [0.05, 0.1) is 22.1 Å². The molecule has 8 heteroatoms. The molecule has 10 aromatic rings. The lowest BCUT2D eigenvalue weighted by atomic mass is 9.84. The van der Waals surface area contributed by atoms with Crippen LogP contribution in [0.3, 0.4) is 0 Å². The third kappa shape index (κ3) is 5.70. The summed E-state index contributed by atoms with van der Waals surface area (Å²) < 4.78 is 18.3. The SMILES string of the molecule is CC(C)(C)c1c(Oc2ccc3c4ccccc4n(-c4ccccn4)c3c2)cc(-c2ncccn2)cc1Oc1ccc2c3ccccc3n(-c3ccccn3)c2c1. The third-order valence-electron chi connectivity index (χ3n) is 10.1. The van der Waals surface area contributed by atoms with E-state index >= 15 is 0 Å². The molecular weight excluding hydrogens is 693 g/mol. The first-order valence-electron chi connectivity index (χ1n) is 18.6. The summed E-state index contributed by atoms with van der Waals surface area (Å²) in [6.45, 7) is 6.51. The molecule has 0 bridgehead atoms. The number of nitrogens with zero attached hydrogens (tertiary/aromatic N) is 6. The van der Waals surface area contributed by atoms with Crippen LogP contribution in [-0.4, -0.2) is 29.1 Å². The van der Waals surface area contributed by atoms with Gasteiger partial charge in [0, 0.05) is 69.6 Å². The normalized spacial score (nSPS) is 11.8. The van der Waals surface area contributed by atoms with E-state index in [1.54, 1.807) is 12.4 Å². The van der Waals surface area contributed by atoms with Gasteiger partial charge in [-0.05, 0) is 84.3 Å². The second-order valence-electron chi connectivity index (χ2n) is 14.8. The zero-order valence-electron chi connectivity index (χ0n) is 31.1. The molecule has 5 heterocycles. The van der Waals surface area contributed by atoms with Crippen LogP contribution < -0.4 is 9.47 Å². The number of para-hydroxylation sites is 2. The molecule has 5 aromatic carbocycles. The second kappa shape index (κ2) is 13.2. The van der Waals surface area contributed by atoms with Gasteiger partial charge in [0.15, 0.2) is 5.82 Å². The number of hydrogen-bond acceptors (Lipinski definition) is 6. The molecule has 0 saturated carbocycles. The van der Waals surface area contributed by atoms with E-state index in [9.17, 15) is 0 Å². The molecule has 0 unspecified atom stereocenters. The van der Waals surface area contributed by atoms with Gasteiger partial charge in [-0.25, -0.2) is 19.9 Å². The van der Waals surface area contributed by atoms with E-state index in [1.807, 2.05) is 79.1 Å². The van der Waals surface area contributed by atoms with Crippen LogP contribution in [0.2, 0.25) is 0 Å². The topological polar surface area (TPSA) is 79.9 Å². The van der Waals surface area contributed by atoms with Crippen molar-refractivity contribution in [3.8, 4) is 46.0 Å². The molecule has 0 atom stereocenters. The Labute approximate surface area is 323 Å². The molecule has 0 aliphatic heterocycles. The summed E-state index contributed by atoms with van der Waals surface area (Å²) in [5, 5.41) is 4.52. The first-order chi connectivity index (χ1) is 27.4. The van der Waals surface area contributed by atoms with Crippen molar-refractivity contribution in [1.82, 2.24) is 29.1 Å². The molecule has 0 N–H and O–H groups in total. The van der Waals surface area contributed by atoms with Gasteiger partial charge in [-0.1, -0.05) is 69.3 Å². The van der Waals surface area contributed by atoms with E-state index in [0.717, 1.165) is 66.4 Å². The highest BCUT2D eigenvalue weighted by Gasteiger charge is 2.28. The van der Waals surface area contributed by atoms with Crippen molar-refractivity contribution in [3.05, 3.63) is 170 Å². The predicted octanol–water partition coefficient (Wildman–Crippen LogP) is 12.0. The highest BCUT2D eigenvalue weighted by Crippen LogP contribution is 2.46. The van der Waals surface area contributed by atoms with Crippen molar-refractivity contribution in [2.45, 2.75) is 26.2 Å². The van der Waals surface area contributed by atoms with Gasteiger partial charge in [-0.3, -0.25) is 9.13 Å². The van der Waals surface area contributed by atoms with Crippen molar-refractivity contribution < 1.29 is 9.47 Å². The molecule has 10 rings (SSSR count). The quantitative estimate of drug-likeness (QED) is 0.163. The molecule has 0 saturated heterocycles. The fraction of sp³-hybridized carbons (Fsp3) is 0.0833. The lowest BCUT2D eigenvalue weighted by Crippen LogP contribution is -2.14. The Morgan fingerprint density at radius 3 is 1.34 bits per heavy atom. The Morgan fingerprint density at radius 1 is 0.429 bits per heavy atom. The summed E-state index contributed by atoms with van der Waals surface area (Å²) in [7, 11) is 0. The number of benzene rings is 5. The van der Waals surface area contributed by atoms with Gasteiger partial charge in [0.1, 0.15) is 34.6 Å². The summed E-state index contributed by atoms with van der Waals surface area (Å²) in [4.78, 5) is 18.7. The van der Waals surface area contributed by atoms with E-state index in [2.05, 4.69) is 113 Å². The number of aromatic nitrogens is 6. The summed E-state index contributed by atoms with van der Waals surface area (Å²) in [5.74, 6) is 4.91. The standard InChI is InChI=1S/C48H36N6O2/c1-48(2,3)46-42(55-32-19-21-36-34-13-4-6-15-38(34)53(40(36)29-32)44-17-8-10-23-49-44)27-31(47-51-25-12-26-52-47)28-43(46)56-33-20-22-37-35-14-5-7-16-39(35)54(41(37)30-33)45-18-9-11-24-50-45/h4-30H,1-3H3. The fourth-order valence-corrected chi connectivity index (χ4v) is 7.81. The summed E-state index contributed by atoms with van der Waals surface area (Å²) >= 11 is 0. The van der Waals surface area contributed by atoms with Crippen LogP contribution in [0, 0.1) is 0 Å². The number of fused-ring (bicyclic) bond motifs is 6. The third-order valence-corrected chi connectivity index (χ3v) is 10.1. The molecule has 0 aliphatic carbocycles. The van der Waals surface area contributed by atoms with E-state index < -0.39 is 0 Å². The van der Waals surface area contributed by atoms with Crippen molar-refractivity contribution in [2.24, 2.45) is 0 Å². The van der Waals surface area contributed by atoms with Gasteiger partial charge in [0.25, 0.3) is 0 Å². The predicted molar refractivity (Wildman–Crippen MR) is 223 cm³/mol. The average molecular weight is 729 g/mol. The van der Waals surface area contributed by atoms with E-state index in [-0.39, 0.29) is 5.41 Å². The molecule has 0 spiro atoms. The van der Waals surface area contributed by atoms with Gasteiger partial charge >= 0.3 is 0 Å². The monoisotopic (exact) mass is 728 g/mol. The van der Waals surface area contributed by atoms with Gasteiger partial charge in [-0.15, -0.1) is 0 Å². The number of hydrogen-bond donors (Lipinski definition) is 0. The first-order valence-corrected chi connectivity index (χ1v) is 18.6. The van der Waals surface area contributed by atoms with Crippen molar-refractivity contribution in [1.29, 1.82) is 0 Å². The van der Waals surface area contributed by atoms with E-state index in [1.165, 1.54) is 0 Å². The van der Waals surface area contributed by atoms with Crippen LogP contribution in [0.25, 0.3) is 66.6 Å². The second-order valence-corrected chi connectivity index (χ2v) is 14.8. The zero-order valence-corrected chi connectivity index (χ0v) is 31.1. The van der Waals surface area contributed by atoms with E-state index in [0.29, 0.717) is 28.8 Å². The Morgan fingerprint density at radius 2 is 0.875 bits per heavy atom. The molecule has 56 heavy (non-hydrogen) atoms. The lowest BCUT2D eigenvalue weighted by Gasteiger charge is -2.26. The molecular formula is C48H36N6O2. The van der Waals surface area contributed by atoms with Crippen molar-refractivity contribution in [3.63, 3.8) is 0 Å². The fourth-order valence-electron chi connectivity index (χ4n) is 7.81. The summed E-state index contributed by atoms with van der Waals surface area (Å²) in [6.07, 6.45) is 7.13. The number of ether oxygens (including phenoxy) is 2. The zero-order chi connectivity index (χ0) is 37.8. The average Bonchev–Trinajstić information content (AvgIpc) is 3.73. The summed E-state index contributed by atoms with van der Waals surface area (Å²) in [6, 6.07) is 47.1. The maximum absolute atomic E-state index is 6.98. The maximum Gasteiger partial charge on any atom is 0.159 e. The lowest BCUT2D eigenvalue weighted by molar-refractivity contribution is 0.422. The summed E-state index contributed by atoms with van der Waals surface area (Å²) in [5.41, 5.74) is 5.44. The molecule has 0 radical (unpaired) electrons. The van der Waals surface area contributed by atoms with Crippen LogP contribution in [0.4, 0.5) is 0 Å². The van der Waals surface area contributed by atoms with Gasteiger partial charge in [0.2, 0.25) is 0 Å². The molecule has 0 aliphatic rings. The van der Waals surface area contributed by atoms with Crippen LogP contribution in [0.1, 0.15) is 26.3 Å². The first kappa shape index (κ1) is 33.3.